The monoisotopic (exact) mass is 329 g/mol. The third kappa shape index (κ3) is 3.40. The van der Waals surface area contributed by atoms with Crippen molar-refractivity contribution in [3.63, 3.8) is 0 Å². The van der Waals surface area contributed by atoms with Crippen LogP contribution in [0.3, 0.4) is 0 Å². The van der Waals surface area contributed by atoms with Gasteiger partial charge in [-0.3, -0.25) is 9.59 Å². The van der Waals surface area contributed by atoms with Gasteiger partial charge in [0.2, 0.25) is 11.8 Å². The minimum absolute atomic E-state index is 0.159. The molecule has 1 aromatic rings. The molecule has 1 saturated heterocycles. The first-order chi connectivity index (χ1) is 11.6. The SMILES string of the molecule is CCC1CN(C)c2ccccc2CN1C(=O)CCN1CCCC1=O. The largest absolute Gasteiger partial charge is 0.372 e. The highest BCUT2D eigenvalue weighted by Gasteiger charge is 2.29. The zero-order valence-electron chi connectivity index (χ0n) is 14.7. The zero-order valence-corrected chi connectivity index (χ0v) is 14.7. The zero-order chi connectivity index (χ0) is 17.1. The van der Waals surface area contributed by atoms with Crippen LogP contribution >= 0.6 is 0 Å². The molecule has 0 bridgehead atoms. The average Bonchev–Trinajstić information content (AvgIpc) is 2.94. The van der Waals surface area contributed by atoms with Crippen molar-refractivity contribution in [1.29, 1.82) is 0 Å². The predicted octanol–water partition coefficient (Wildman–Crippen LogP) is 2.26. The van der Waals surface area contributed by atoms with Gasteiger partial charge in [0.1, 0.15) is 0 Å². The summed E-state index contributed by atoms with van der Waals surface area (Å²) < 4.78 is 0. The van der Waals surface area contributed by atoms with Crippen molar-refractivity contribution in [3.05, 3.63) is 29.8 Å². The summed E-state index contributed by atoms with van der Waals surface area (Å²) in [5, 5.41) is 0. The fraction of sp³-hybridized carbons (Fsp3) is 0.579. The van der Waals surface area contributed by atoms with Gasteiger partial charge in [-0.1, -0.05) is 25.1 Å². The highest BCUT2D eigenvalue weighted by molar-refractivity contribution is 5.80. The van der Waals surface area contributed by atoms with Crippen LogP contribution < -0.4 is 4.90 Å². The van der Waals surface area contributed by atoms with Gasteiger partial charge in [0.05, 0.1) is 0 Å². The number of rotatable bonds is 4. The molecule has 130 valence electrons. The molecule has 2 amide bonds. The maximum absolute atomic E-state index is 12.9. The van der Waals surface area contributed by atoms with E-state index in [1.807, 2.05) is 21.9 Å². The lowest BCUT2D eigenvalue weighted by molar-refractivity contribution is -0.135. The van der Waals surface area contributed by atoms with E-state index >= 15 is 0 Å². The van der Waals surface area contributed by atoms with Crippen molar-refractivity contribution in [2.75, 3.05) is 31.6 Å². The molecule has 1 aromatic carbocycles. The van der Waals surface area contributed by atoms with Gasteiger partial charge in [-0.05, 0) is 24.5 Å². The van der Waals surface area contributed by atoms with Crippen molar-refractivity contribution >= 4 is 17.5 Å². The molecular weight excluding hydrogens is 302 g/mol. The van der Waals surface area contributed by atoms with Gasteiger partial charge < -0.3 is 14.7 Å². The second-order valence-corrected chi connectivity index (χ2v) is 6.83. The second kappa shape index (κ2) is 7.24. The molecule has 5 heteroatoms. The van der Waals surface area contributed by atoms with Gasteiger partial charge in [0.15, 0.2) is 0 Å². The van der Waals surface area contributed by atoms with Gasteiger partial charge in [-0.2, -0.15) is 0 Å². The summed E-state index contributed by atoms with van der Waals surface area (Å²) in [5.41, 5.74) is 2.41. The van der Waals surface area contributed by atoms with E-state index in [4.69, 9.17) is 0 Å². The smallest absolute Gasteiger partial charge is 0.224 e. The molecule has 1 fully saturated rings. The normalized spacial score (nSPS) is 21.0. The Balaban J connectivity index is 1.72. The number of amides is 2. The van der Waals surface area contributed by atoms with E-state index in [-0.39, 0.29) is 17.9 Å². The number of nitrogens with zero attached hydrogens (tertiary/aromatic N) is 3. The summed E-state index contributed by atoms with van der Waals surface area (Å²) in [7, 11) is 2.10. The number of hydrogen-bond donors (Lipinski definition) is 0. The molecule has 0 aliphatic carbocycles. The van der Waals surface area contributed by atoms with Crippen LogP contribution in [0.25, 0.3) is 0 Å². The number of likely N-dealkylation sites (N-methyl/N-ethyl adjacent to an activating group) is 1. The number of carbonyl (C=O) groups excluding carboxylic acids is 2. The van der Waals surface area contributed by atoms with Crippen molar-refractivity contribution in [2.24, 2.45) is 0 Å². The Bertz CT molecular complexity index is 616. The Hall–Kier alpha value is -2.04. The summed E-state index contributed by atoms with van der Waals surface area (Å²) >= 11 is 0. The van der Waals surface area contributed by atoms with Crippen molar-refractivity contribution in [1.82, 2.24) is 9.80 Å². The summed E-state index contributed by atoms with van der Waals surface area (Å²) in [4.78, 5) is 30.7. The van der Waals surface area contributed by atoms with Crippen LogP contribution in [-0.2, 0) is 16.1 Å². The Morgan fingerprint density at radius 1 is 1.29 bits per heavy atom. The molecule has 24 heavy (non-hydrogen) atoms. The molecule has 2 aliphatic heterocycles. The Morgan fingerprint density at radius 2 is 2.08 bits per heavy atom. The number of fused-ring (bicyclic) bond motifs is 1. The molecule has 1 unspecified atom stereocenters. The lowest BCUT2D eigenvalue weighted by Gasteiger charge is -2.31. The summed E-state index contributed by atoms with van der Waals surface area (Å²) in [6.45, 7) is 5.00. The molecule has 0 radical (unpaired) electrons. The van der Waals surface area contributed by atoms with Crippen LogP contribution in [0, 0.1) is 0 Å². The Morgan fingerprint density at radius 3 is 2.79 bits per heavy atom. The summed E-state index contributed by atoms with van der Waals surface area (Å²) in [6.07, 6.45) is 2.92. The highest BCUT2D eigenvalue weighted by Crippen LogP contribution is 2.27. The number of carbonyl (C=O) groups is 2. The predicted molar refractivity (Wildman–Crippen MR) is 94.8 cm³/mol. The molecule has 2 heterocycles. The Kier molecular flexibility index (Phi) is 5.07. The van der Waals surface area contributed by atoms with Crippen LogP contribution in [-0.4, -0.2) is 54.3 Å². The highest BCUT2D eigenvalue weighted by atomic mass is 16.2. The van der Waals surface area contributed by atoms with E-state index in [1.165, 1.54) is 11.3 Å². The van der Waals surface area contributed by atoms with Gasteiger partial charge in [-0.25, -0.2) is 0 Å². The van der Waals surface area contributed by atoms with Crippen LogP contribution in [0.5, 0.6) is 0 Å². The standard InChI is InChI=1S/C19H27N3O2/c1-3-16-14-20(2)17-8-5-4-7-15(17)13-22(16)19(24)10-12-21-11-6-9-18(21)23/h4-5,7-8,16H,3,6,9-14H2,1-2H3. The minimum Gasteiger partial charge on any atom is -0.372 e. The number of hydrogen-bond acceptors (Lipinski definition) is 3. The molecule has 0 N–H and O–H groups in total. The van der Waals surface area contributed by atoms with E-state index in [0.29, 0.717) is 25.9 Å². The van der Waals surface area contributed by atoms with E-state index < -0.39 is 0 Å². The third-order valence-electron chi connectivity index (χ3n) is 5.23. The molecule has 0 aromatic heterocycles. The lowest BCUT2D eigenvalue weighted by atomic mass is 10.1. The minimum atomic E-state index is 0.159. The lowest BCUT2D eigenvalue weighted by Crippen LogP contribution is -2.44. The molecule has 1 atom stereocenters. The van der Waals surface area contributed by atoms with Gasteiger partial charge >= 0.3 is 0 Å². The fourth-order valence-electron chi connectivity index (χ4n) is 3.80. The topological polar surface area (TPSA) is 43.9 Å². The van der Waals surface area contributed by atoms with Crippen LogP contribution in [0.15, 0.2) is 24.3 Å². The summed E-state index contributed by atoms with van der Waals surface area (Å²) in [5.74, 6) is 0.349. The second-order valence-electron chi connectivity index (χ2n) is 6.83. The first-order valence-electron chi connectivity index (χ1n) is 8.96. The first-order valence-corrected chi connectivity index (χ1v) is 8.96. The maximum atomic E-state index is 12.9. The number of para-hydroxylation sites is 1. The van der Waals surface area contributed by atoms with E-state index in [1.54, 1.807) is 0 Å². The third-order valence-corrected chi connectivity index (χ3v) is 5.23. The summed E-state index contributed by atoms with van der Waals surface area (Å²) in [6, 6.07) is 8.52. The molecule has 3 rings (SSSR count). The van der Waals surface area contributed by atoms with Crippen molar-refractivity contribution < 1.29 is 9.59 Å². The van der Waals surface area contributed by atoms with Gasteiger partial charge in [0.25, 0.3) is 0 Å². The van der Waals surface area contributed by atoms with E-state index in [0.717, 1.165) is 25.9 Å². The van der Waals surface area contributed by atoms with Gasteiger partial charge in [0, 0.05) is 57.8 Å². The van der Waals surface area contributed by atoms with Crippen molar-refractivity contribution in [2.45, 2.75) is 45.2 Å². The number of benzene rings is 1. The van der Waals surface area contributed by atoms with Crippen molar-refractivity contribution in [3.8, 4) is 0 Å². The quantitative estimate of drug-likeness (QED) is 0.851. The Labute approximate surface area is 144 Å². The average molecular weight is 329 g/mol. The van der Waals surface area contributed by atoms with E-state index in [2.05, 4.69) is 31.0 Å². The molecule has 0 saturated carbocycles. The number of anilines is 1. The van der Waals surface area contributed by atoms with Crippen LogP contribution in [0.1, 0.15) is 38.2 Å². The molecular formula is C19H27N3O2. The first kappa shape index (κ1) is 16.8. The molecule has 0 spiro atoms. The van der Waals surface area contributed by atoms with Crippen LogP contribution in [0.2, 0.25) is 0 Å². The maximum Gasteiger partial charge on any atom is 0.224 e. The van der Waals surface area contributed by atoms with Crippen LogP contribution in [0.4, 0.5) is 5.69 Å². The molecule has 2 aliphatic rings. The van der Waals surface area contributed by atoms with E-state index in [9.17, 15) is 9.59 Å². The number of likely N-dealkylation sites (tertiary alicyclic amines) is 1. The molecule has 5 nitrogen and oxygen atoms in total. The fourth-order valence-corrected chi connectivity index (χ4v) is 3.80. The van der Waals surface area contributed by atoms with Gasteiger partial charge in [-0.15, -0.1) is 0 Å².